The average Bonchev–Trinajstić information content (AvgIpc) is 3.18. The topological polar surface area (TPSA) is 32.3 Å². The van der Waals surface area contributed by atoms with E-state index in [0.29, 0.717) is 12.3 Å². The lowest BCUT2D eigenvalue weighted by Crippen LogP contribution is -2.55. The van der Waals surface area contributed by atoms with Gasteiger partial charge in [0.25, 0.3) is 0 Å². The van der Waals surface area contributed by atoms with Crippen molar-refractivity contribution < 1.29 is 18.0 Å². The van der Waals surface area contributed by atoms with E-state index < -0.39 is 24.7 Å². The first-order valence-corrected chi connectivity index (χ1v) is 7.72. The second-order valence-electron chi connectivity index (χ2n) is 5.24. The Balaban J connectivity index is 2.04. The van der Waals surface area contributed by atoms with E-state index >= 15 is 0 Å². The Morgan fingerprint density at radius 3 is 2.63 bits per heavy atom. The molecule has 0 spiro atoms. The van der Waals surface area contributed by atoms with Gasteiger partial charge in [0.1, 0.15) is 6.54 Å². The molecule has 0 bridgehead atoms. The SMILES string of the molecule is CC(C1CC1)N(CC(F)(F)F)C(=O)C1CSCCN1. The molecule has 2 unspecified atom stereocenters. The number of nitrogens with zero attached hydrogens (tertiary/aromatic N) is 1. The van der Waals surface area contributed by atoms with Crippen molar-refractivity contribution in [3.63, 3.8) is 0 Å². The molecule has 1 amide bonds. The minimum Gasteiger partial charge on any atom is -0.329 e. The number of nitrogens with one attached hydrogen (secondary N) is 1. The number of amides is 1. The molecule has 2 rings (SSSR count). The van der Waals surface area contributed by atoms with Crippen LogP contribution in [0.5, 0.6) is 0 Å². The molecule has 1 aliphatic heterocycles. The van der Waals surface area contributed by atoms with Crippen LogP contribution in [-0.2, 0) is 4.79 Å². The monoisotopic (exact) mass is 296 g/mol. The van der Waals surface area contributed by atoms with Gasteiger partial charge >= 0.3 is 6.18 Å². The van der Waals surface area contributed by atoms with Crippen molar-refractivity contribution in [2.75, 3.05) is 24.6 Å². The number of alkyl halides is 3. The fraction of sp³-hybridized carbons (Fsp3) is 0.917. The van der Waals surface area contributed by atoms with Crippen LogP contribution in [0.3, 0.4) is 0 Å². The molecule has 2 aliphatic rings. The van der Waals surface area contributed by atoms with Crippen molar-refractivity contribution in [2.45, 2.75) is 38.0 Å². The smallest absolute Gasteiger partial charge is 0.329 e. The number of carbonyl (C=O) groups excluding carboxylic acids is 1. The van der Waals surface area contributed by atoms with Crippen LogP contribution in [0.1, 0.15) is 19.8 Å². The van der Waals surface area contributed by atoms with Gasteiger partial charge in [-0.1, -0.05) is 0 Å². The lowest BCUT2D eigenvalue weighted by Gasteiger charge is -2.34. The maximum Gasteiger partial charge on any atom is 0.406 e. The quantitative estimate of drug-likeness (QED) is 0.860. The third-order valence-electron chi connectivity index (χ3n) is 3.65. The molecule has 1 saturated heterocycles. The molecule has 1 N–H and O–H groups in total. The maximum atomic E-state index is 12.7. The maximum absolute atomic E-state index is 12.7. The molecule has 0 aromatic carbocycles. The Morgan fingerprint density at radius 1 is 1.47 bits per heavy atom. The summed E-state index contributed by atoms with van der Waals surface area (Å²) >= 11 is 1.61. The summed E-state index contributed by atoms with van der Waals surface area (Å²) in [7, 11) is 0. The van der Waals surface area contributed by atoms with Crippen LogP contribution in [-0.4, -0.2) is 53.7 Å². The highest BCUT2D eigenvalue weighted by atomic mass is 32.2. The van der Waals surface area contributed by atoms with Crippen molar-refractivity contribution >= 4 is 17.7 Å². The normalized spacial score (nSPS) is 26.0. The van der Waals surface area contributed by atoms with Gasteiger partial charge in [-0.05, 0) is 25.7 Å². The zero-order valence-corrected chi connectivity index (χ0v) is 11.7. The van der Waals surface area contributed by atoms with Gasteiger partial charge in [0.05, 0.1) is 6.04 Å². The molecule has 0 aromatic rings. The van der Waals surface area contributed by atoms with Crippen LogP contribution in [0.15, 0.2) is 0 Å². The van der Waals surface area contributed by atoms with E-state index in [9.17, 15) is 18.0 Å². The molecule has 110 valence electrons. The zero-order chi connectivity index (χ0) is 14.0. The molecule has 2 atom stereocenters. The van der Waals surface area contributed by atoms with Gasteiger partial charge in [0.15, 0.2) is 0 Å². The zero-order valence-electron chi connectivity index (χ0n) is 10.9. The minimum atomic E-state index is -4.33. The van der Waals surface area contributed by atoms with Gasteiger partial charge in [-0.15, -0.1) is 0 Å². The van der Waals surface area contributed by atoms with Crippen LogP contribution in [0.4, 0.5) is 13.2 Å². The van der Waals surface area contributed by atoms with Gasteiger partial charge in [-0.3, -0.25) is 4.79 Å². The molecule has 2 fully saturated rings. The van der Waals surface area contributed by atoms with Crippen molar-refractivity contribution in [1.29, 1.82) is 0 Å². The summed E-state index contributed by atoms with van der Waals surface area (Å²) in [5.74, 6) is 1.30. The summed E-state index contributed by atoms with van der Waals surface area (Å²) in [4.78, 5) is 13.3. The molecule has 19 heavy (non-hydrogen) atoms. The summed E-state index contributed by atoms with van der Waals surface area (Å²) in [6, 6.07) is -0.787. The highest BCUT2D eigenvalue weighted by Gasteiger charge is 2.42. The summed E-state index contributed by atoms with van der Waals surface area (Å²) in [5, 5.41) is 3.02. The summed E-state index contributed by atoms with van der Waals surface area (Å²) in [5.41, 5.74) is 0. The minimum absolute atomic E-state index is 0.238. The van der Waals surface area contributed by atoms with Gasteiger partial charge in [0.2, 0.25) is 5.91 Å². The van der Waals surface area contributed by atoms with Crippen LogP contribution in [0.25, 0.3) is 0 Å². The van der Waals surface area contributed by atoms with Crippen molar-refractivity contribution in [3.05, 3.63) is 0 Å². The molecule has 7 heteroatoms. The van der Waals surface area contributed by atoms with Gasteiger partial charge in [-0.2, -0.15) is 24.9 Å². The molecular formula is C12H19F3N2OS. The molecule has 1 aliphatic carbocycles. The van der Waals surface area contributed by atoms with Crippen LogP contribution in [0.2, 0.25) is 0 Å². The van der Waals surface area contributed by atoms with E-state index in [-0.39, 0.29) is 12.0 Å². The Labute approximate surface area is 115 Å². The highest BCUT2D eigenvalue weighted by Crippen LogP contribution is 2.36. The Bertz CT molecular complexity index is 327. The van der Waals surface area contributed by atoms with Gasteiger partial charge in [0, 0.05) is 24.1 Å². The number of carbonyl (C=O) groups is 1. The second-order valence-corrected chi connectivity index (χ2v) is 6.39. The Hall–Kier alpha value is -0.430. The van der Waals surface area contributed by atoms with E-state index in [4.69, 9.17) is 0 Å². The Morgan fingerprint density at radius 2 is 2.16 bits per heavy atom. The van der Waals surface area contributed by atoms with Crippen LogP contribution in [0, 0.1) is 5.92 Å². The predicted octanol–water partition coefficient (Wildman–Crippen LogP) is 1.88. The number of rotatable bonds is 4. The van der Waals surface area contributed by atoms with E-state index in [1.54, 1.807) is 18.7 Å². The van der Waals surface area contributed by atoms with Gasteiger partial charge in [-0.25, -0.2) is 0 Å². The van der Waals surface area contributed by atoms with Gasteiger partial charge < -0.3 is 10.2 Å². The van der Waals surface area contributed by atoms with Crippen molar-refractivity contribution in [2.24, 2.45) is 5.92 Å². The lowest BCUT2D eigenvalue weighted by atomic mass is 10.1. The second kappa shape index (κ2) is 5.91. The summed E-state index contributed by atoms with van der Waals surface area (Å²) in [6.45, 7) is 1.28. The van der Waals surface area contributed by atoms with Crippen LogP contribution >= 0.6 is 11.8 Å². The van der Waals surface area contributed by atoms with E-state index in [1.807, 2.05) is 0 Å². The van der Waals surface area contributed by atoms with Crippen molar-refractivity contribution in [1.82, 2.24) is 10.2 Å². The number of hydrogen-bond donors (Lipinski definition) is 1. The molecule has 1 saturated carbocycles. The third kappa shape index (κ3) is 4.27. The van der Waals surface area contributed by atoms with E-state index in [0.717, 1.165) is 23.5 Å². The van der Waals surface area contributed by atoms with E-state index in [2.05, 4.69) is 5.32 Å². The Kier molecular flexibility index (Phi) is 4.66. The predicted molar refractivity (Wildman–Crippen MR) is 69.1 cm³/mol. The molecule has 3 nitrogen and oxygen atoms in total. The lowest BCUT2D eigenvalue weighted by molar-refractivity contribution is -0.167. The van der Waals surface area contributed by atoms with E-state index in [1.165, 1.54) is 0 Å². The number of halogens is 3. The number of thioether (sulfide) groups is 1. The largest absolute Gasteiger partial charge is 0.406 e. The van der Waals surface area contributed by atoms with Crippen LogP contribution < -0.4 is 5.32 Å². The fourth-order valence-corrected chi connectivity index (χ4v) is 3.30. The first kappa shape index (κ1) is 15.0. The average molecular weight is 296 g/mol. The summed E-state index contributed by atoms with van der Waals surface area (Å²) in [6.07, 6.45) is -2.48. The number of hydrogen-bond acceptors (Lipinski definition) is 3. The van der Waals surface area contributed by atoms with Crippen molar-refractivity contribution in [3.8, 4) is 0 Å². The highest BCUT2D eigenvalue weighted by molar-refractivity contribution is 7.99. The molecule has 0 aromatic heterocycles. The first-order valence-electron chi connectivity index (χ1n) is 6.57. The molecule has 0 radical (unpaired) electrons. The first-order chi connectivity index (χ1) is 8.88. The molecule has 1 heterocycles. The molecular weight excluding hydrogens is 277 g/mol. The standard InChI is InChI=1S/C12H19F3N2OS/c1-8(9-2-3-9)17(7-12(13,14)15)11(18)10-6-19-5-4-16-10/h8-10,16H,2-7H2,1H3. The fourth-order valence-electron chi connectivity index (χ4n) is 2.37. The third-order valence-corrected chi connectivity index (χ3v) is 4.71. The summed E-state index contributed by atoms with van der Waals surface area (Å²) < 4.78 is 38.0.